The Labute approximate surface area is 207 Å². The number of hydrogen-bond donors (Lipinski definition) is 1. The van der Waals surface area contributed by atoms with Crippen LogP contribution in [0.3, 0.4) is 0 Å². The standard InChI is InChI=1S/C27H37N3O5/c1-35-24-14-13-19(18-31)16-20(24)17-30-23-11-5-4-10-22(23)26(33)29(27(30)34)15-7-6-12-25(32)28-21-8-2-3-9-21/h13-14,16,18,21-23H,2-12,15,17H2,1H3,(H,28,32). The Kier molecular flexibility index (Phi) is 8.42. The molecule has 2 atom stereocenters. The lowest BCUT2D eigenvalue weighted by molar-refractivity contribution is -0.140. The van der Waals surface area contributed by atoms with Gasteiger partial charge >= 0.3 is 6.03 Å². The summed E-state index contributed by atoms with van der Waals surface area (Å²) in [5.41, 5.74) is 1.28. The van der Waals surface area contributed by atoms with Crippen LogP contribution in [0.2, 0.25) is 0 Å². The number of amides is 4. The summed E-state index contributed by atoms with van der Waals surface area (Å²) in [6, 6.07) is 5.06. The molecule has 4 amide bonds. The van der Waals surface area contributed by atoms with Gasteiger partial charge in [0.15, 0.2) is 0 Å². The van der Waals surface area contributed by atoms with E-state index in [2.05, 4.69) is 5.32 Å². The van der Waals surface area contributed by atoms with E-state index in [1.807, 2.05) is 0 Å². The number of unbranched alkanes of at least 4 members (excludes halogenated alkanes) is 1. The third-order valence-corrected chi connectivity index (χ3v) is 7.73. The number of carbonyl (C=O) groups excluding carboxylic acids is 4. The lowest BCUT2D eigenvalue weighted by atomic mass is 9.81. The molecular weight excluding hydrogens is 446 g/mol. The van der Waals surface area contributed by atoms with Gasteiger partial charge in [-0.1, -0.05) is 25.7 Å². The van der Waals surface area contributed by atoms with Gasteiger partial charge in [-0.2, -0.15) is 0 Å². The molecule has 1 aromatic rings. The Morgan fingerprint density at radius 1 is 1.09 bits per heavy atom. The highest BCUT2D eigenvalue weighted by Crippen LogP contribution is 2.36. The molecule has 3 aliphatic rings. The summed E-state index contributed by atoms with van der Waals surface area (Å²) in [4.78, 5) is 53.6. The van der Waals surface area contributed by atoms with Crippen LogP contribution in [0.1, 0.15) is 86.6 Å². The zero-order valence-corrected chi connectivity index (χ0v) is 20.7. The second-order valence-corrected chi connectivity index (χ2v) is 10.1. The first-order chi connectivity index (χ1) is 17.0. The zero-order valence-electron chi connectivity index (χ0n) is 20.7. The molecule has 4 rings (SSSR count). The van der Waals surface area contributed by atoms with Crippen molar-refractivity contribution in [3.63, 3.8) is 0 Å². The van der Waals surface area contributed by atoms with E-state index in [0.717, 1.165) is 50.4 Å². The van der Waals surface area contributed by atoms with E-state index in [-0.39, 0.29) is 29.8 Å². The molecule has 8 heteroatoms. The quantitative estimate of drug-likeness (QED) is 0.400. The van der Waals surface area contributed by atoms with Crippen molar-refractivity contribution in [1.29, 1.82) is 0 Å². The maximum atomic E-state index is 13.5. The fourth-order valence-electron chi connectivity index (χ4n) is 5.86. The highest BCUT2D eigenvalue weighted by Gasteiger charge is 2.46. The first kappa shape index (κ1) is 25.2. The average Bonchev–Trinajstić information content (AvgIpc) is 3.38. The molecule has 0 aromatic heterocycles. The van der Waals surface area contributed by atoms with Gasteiger partial charge in [0.2, 0.25) is 11.8 Å². The van der Waals surface area contributed by atoms with Crippen molar-refractivity contribution in [3.05, 3.63) is 29.3 Å². The number of ether oxygens (including phenoxy) is 1. The number of benzene rings is 1. The number of rotatable bonds is 10. The van der Waals surface area contributed by atoms with Gasteiger partial charge in [0.25, 0.3) is 0 Å². The van der Waals surface area contributed by atoms with Crippen LogP contribution in [0.15, 0.2) is 18.2 Å². The first-order valence-corrected chi connectivity index (χ1v) is 13.0. The molecule has 1 heterocycles. The molecule has 2 unspecified atom stereocenters. The fraction of sp³-hybridized carbons (Fsp3) is 0.630. The minimum absolute atomic E-state index is 0.0596. The number of hydrogen-bond acceptors (Lipinski definition) is 5. The molecular formula is C27H37N3O5. The van der Waals surface area contributed by atoms with Gasteiger partial charge in [0.05, 0.1) is 19.6 Å². The molecule has 1 saturated heterocycles. The second kappa shape index (κ2) is 11.7. The lowest BCUT2D eigenvalue weighted by Crippen LogP contribution is -2.62. The van der Waals surface area contributed by atoms with Gasteiger partial charge in [-0.25, -0.2) is 4.79 Å². The molecule has 35 heavy (non-hydrogen) atoms. The second-order valence-electron chi connectivity index (χ2n) is 10.1. The average molecular weight is 484 g/mol. The summed E-state index contributed by atoms with van der Waals surface area (Å²) in [7, 11) is 1.57. The van der Waals surface area contributed by atoms with Crippen molar-refractivity contribution in [2.45, 2.75) is 89.3 Å². The van der Waals surface area contributed by atoms with Crippen molar-refractivity contribution < 1.29 is 23.9 Å². The smallest absolute Gasteiger partial charge is 0.327 e. The Morgan fingerprint density at radius 3 is 2.57 bits per heavy atom. The SMILES string of the molecule is COc1ccc(C=O)cc1CN1C(=O)N(CCCCC(=O)NC2CCCC2)C(=O)C2CCCCC21. The molecule has 2 aliphatic carbocycles. The van der Waals surface area contributed by atoms with E-state index in [1.165, 1.54) is 17.7 Å². The Balaban J connectivity index is 1.41. The molecule has 0 radical (unpaired) electrons. The number of imide groups is 1. The van der Waals surface area contributed by atoms with Gasteiger partial charge in [0, 0.05) is 36.2 Å². The number of nitrogens with one attached hydrogen (secondary N) is 1. The van der Waals surface area contributed by atoms with Crippen LogP contribution in [0.4, 0.5) is 4.79 Å². The van der Waals surface area contributed by atoms with Crippen molar-refractivity contribution in [2.75, 3.05) is 13.7 Å². The number of aldehydes is 1. The molecule has 1 aliphatic heterocycles. The number of methoxy groups -OCH3 is 1. The van der Waals surface area contributed by atoms with Gasteiger partial charge in [-0.05, 0) is 56.7 Å². The summed E-state index contributed by atoms with van der Waals surface area (Å²) in [5, 5.41) is 3.10. The van der Waals surface area contributed by atoms with E-state index in [0.29, 0.717) is 49.7 Å². The molecule has 2 saturated carbocycles. The van der Waals surface area contributed by atoms with Crippen LogP contribution in [-0.2, 0) is 16.1 Å². The summed E-state index contributed by atoms with van der Waals surface area (Å²) >= 11 is 0. The van der Waals surface area contributed by atoms with E-state index < -0.39 is 0 Å². The molecule has 0 bridgehead atoms. The minimum Gasteiger partial charge on any atom is -0.496 e. The summed E-state index contributed by atoms with van der Waals surface area (Å²) in [6.07, 6.45) is 10.4. The fourth-order valence-corrected chi connectivity index (χ4v) is 5.86. The largest absolute Gasteiger partial charge is 0.496 e. The van der Waals surface area contributed by atoms with Crippen molar-refractivity contribution in [2.24, 2.45) is 5.92 Å². The first-order valence-electron chi connectivity index (χ1n) is 13.0. The Bertz CT molecular complexity index is 943. The molecule has 3 fully saturated rings. The maximum absolute atomic E-state index is 13.5. The van der Waals surface area contributed by atoms with Crippen LogP contribution < -0.4 is 10.1 Å². The van der Waals surface area contributed by atoms with E-state index in [9.17, 15) is 19.2 Å². The predicted molar refractivity (Wildman–Crippen MR) is 131 cm³/mol. The van der Waals surface area contributed by atoms with Crippen molar-refractivity contribution >= 4 is 24.1 Å². The van der Waals surface area contributed by atoms with Crippen LogP contribution in [0, 0.1) is 5.92 Å². The van der Waals surface area contributed by atoms with Gasteiger partial charge in [-0.15, -0.1) is 0 Å². The third-order valence-electron chi connectivity index (χ3n) is 7.73. The van der Waals surface area contributed by atoms with Crippen LogP contribution in [0.25, 0.3) is 0 Å². The Morgan fingerprint density at radius 2 is 1.83 bits per heavy atom. The van der Waals surface area contributed by atoms with Crippen molar-refractivity contribution in [1.82, 2.24) is 15.1 Å². The third kappa shape index (κ3) is 5.85. The number of fused-ring (bicyclic) bond motifs is 1. The predicted octanol–water partition coefficient (Wildman–Crippen LogP) is 4.06. The van der Waals surface area contributed by atoms with Gasteiger partial charge in [0.1, 0.15) is 12.0 Å². The minimum atomic E-state index is -0.285. The highest BCUT2D eigenvalue weighted by atomic mass is 16.5. The number of carbonyl (C=O) groups is 4. The number of nitrogens with zero attached hydrogens (tertiary/aromatic N) is 2. The van der Waals surface area contributed by atoms with Crippen molar-refractivity contribution in [3.8, 4) is 5.75 Å². The van der Waals surface area contributed by atoms with E-state index in [1.54, 1.807) is 30.2 Å². The van der Waals surface area contributed by atoms with Gasteiger partial charge in [-0.3, -0.25) is 19.3 Å². The number of urea groups is 1. The van der Waals surface area contributed by atoms with Crippen LogP contribution >= 0.6 is 0 Å². The topological polar surface area (TPSA) is 96.0 Å². The van der Waals surface area contributed by atoms with E-state index in [4.69, 9.17) is 4.74 Å². The summed E-state index contributed by atoms with van der Waals surface area (Å²) < 4.78 is 5.48. The molecule has 0 spiro atoms. The van der Waals surface area contributed by atoms with Crippen LogP contribution in [-0.4, -0.2) is 59.7 Å². The summed E-state index contributed by atoms with van der Waals surface area (Å²) in [5.74, 6) is 0.393. The Hall–Kier alpha value is -2.90. The van der Waals surface area contributed by atoms with E-state index >= 15 is 0 Å². The maximum Gasteiger partial charge on any atom is 0.327 e. The van der Waals surface area contributed by atoms with Crippen LogP contribution in [0.5, 0.6) is 5.75 Å². The lowest BCUT2D eigenvalue weighted by Gasteiger charge is -2.47. The molecule has 8 nitrogen and oxygen atoms in total. The normalized spacial score (nSPS) is 22.8. The monoisotopic (exact) mass is 483 g/mol. The zero-order chi connectivity index (χ0) is 24.8. The molecule has 190 valence electrons. The molecule has 1 N–H and O–H groups in total. The highest BCUT2D eigenvalue weighted by molar-refractivity contribution is 5.98. The van der Waals surface area contributed by atoms with Gasteiger partial charge < -0.3 is 15.0 Å². The summed E-state index contributed by atoms with van der Waals surface area (Å²) in [6.45, 7) is 0.609. The molecule has 1 aromatic carbocycles.